The molecule has 2 rings (SSSR count). The Morgan fingerprint density at radius 3 is 2.74 bits per heavy atom. The molecule has 1 aromatic rings. The van der Waals surface area contributed by atoms with E-state index < -0.39 is 0 Å². The van der Waals surface area contributed by atoms with Crippen LogP contribution in [0.2, 0.25) is 0 Å². The molecule has 0 amide bonds. The Morgan fingerprint density at radius 1 is 1.37 bits per heavy atom. The molecule has 1 saturated heterocycles. The summed E-state index contributed by atoms with van der Waals surface area (Å²) in [6.07, 6.45) is 7.10. The largest absolute Gasteiger partial charge is 0.394 e. The van der Waals surface area contributed by atoms with Crippen LogP contribution in [0.4, 0.5) is 5.95 Å². The summed E-state index contributed by atoms with van der Waals surface area (Å²) in [5, 5.41) is 12.8. The first-order valence-electron chi connectivity index (χ1n) is 7.12. The van der Waals surface area contributed by atoms with Crippen molar-refractivity contribution in [2.75, 3.05) is 18.1 Å². The number of nitrogens with one attached hydrogen (secondary N) is 1. The number of aliphatic hydroxyl groups is 1. The molecule has 1 aliphatic rings. The van der Waals surface area contributed by atoms with Crippen molar-refractivity contribution < 1.29 is 5.11 Å². The molecule has 1 unspecified atom stereocenters. The summed E-state index contributed by atoms with van der Waals surface area (Å²) in [5.41, 5.74) is 1.09. The van der Waals surface area contributed by atoms with E-state index in [0.717, 1.165) is 37.4 Å². The molecule has 106 valence electrons. The van der Waals surface area contributed by atoms with Gasteiger partial charge in [0, 0.05) is 37.1 Å². The zero-order valence-corrected chi connectivity index (χ0v) is 11.8. The van der Waals surface area contributed by atoms with Gasteiger partial charge >= 0.3 is 0 Å². The van der Waals surface area contributed by atoms with E-state index in [1.54, 1.807) is 0 Å². The molecule has 5 nitrogen and oxygen atoms in total. The Labute approximate surface area is 115 Å². The molecule has 0 spiro atoms. The van der Waals surface area contributed by atoms with Gasteiger partial charge < -0.3 is 15.3 Å². The molecule has 0 aromatic carbocycles. The van der Waals surface area contributed by atoms with E-state index in [-0.39, 0.29) is 12.6 Å². The summed E-state index contributed by atoms with van der Waals surface area (Å²) >= 11 is 0. The second kappa shape index (κ2) is 6.82. The predicted octanol–water partition coefficient (Wildman–Crippen LogP) is 1.33. The molecule has 0 saturated carbocycles. The molecule has 1 fully saturated rings. The summed E-state index contributed by atoms with van der Waals surface area (Å²) in [6, 6.07) is 0.633. The van der Waals surface area contributed by atoms with Gasteiger partial charge in [-0.15, -0.1) is 0 Å². The zero-order chi connectivity index (χ0) is 13.7. The fraction of sp³-hybridized carbons (Fsp3) is 0.714. The van der Waals surface area contributed by atoms with Crippen molar-refractivity contribution in [1.29, 1.82) is 0 Å². The van der Waals surface area contributed by atoms with Gasteiger partial charge in [-0.3, -0.25) is 0 Å². The quantitative estimate of drug-likeness (QED) is 0.840. The molecular formula is C14H24N4O. The fourth-order valence-electron chi connectivity index (χ4n) is 2.36. The molecule has 19 heavy (non-hydrogen) atoms. The molecule has 0 radical (unpaired) electrons. The van der Waals surface area contributed by atoms with Gasteiger partial charge in [-0.1, -0.05) is 13.8 Å². The Balaban J connectivity index is 2.00. The molecule has 2 N–H and O–H groups in total. The van der Waals surface area contributed by atoms with Crippen LogP contribution in [-0.2, 0) is 6.54 Å². The van der Waals surface area contributed by atoms with Crippen LogP contribution in [0.3, 0.4) is 0 Å². The third-order valence-electron chi connectivity index (χ3n) is 3.50. The van der Waals surface area contributed by atoms with Crippen LogP contribution < -0.4 is 10.2 Å². The Bertz CT molecular complexity index is 380. The third kappa shape index (κ3) is 3.88. The molecule has 0 bridgehead atoms. The average Bonchev–Trinajstić information content (AvgIpc) is 2.45. The van der Waals surface area contributed by atoms with Gasteiger partial charge in [0.2, 0.25) is 5.95 Å². The minimum atomic E-state index is 0.174. The lowest BCUT2D eigenvalue weighted by Gasteiger charge is -2.34. The first kappa shape index (κ1) is 14.2. The Morgan fingerprint density at radius 2 is 2.11 bits per heavy atom. The van der Waals surface area contributed by atoms with Gasteiger partial charge in [-0.05, 0) is 19.3 Å². The third-order valence-corrected chi connectivity index (χ3v) is 3.50. The van der Waals surface area contributed by atoms with Crippen LogP contribution in [0, 0.1) is 0 Å². The number of piperidine rings is 1. The second-order valence-corrected chi connectivity index (χ2v) is 5.45. The highest BCUT2D eigenvalue weighted by atomic mass is 16.3. The first-order valence-corrected chi connectivity index (χ1v) is 7.12. The summed E-state index contributed by atoms with van der Waals surface area (Å²) < 4.78 is 0. The summed E-state index contributed by atoms with van der Waals surface area (Å²) in [6.45, 7) is 6.15. The number of nitrogens with zero attached hydrogens (tertiary/aromatic N) is 3. The zero-order valence-electron chi connectivity index (χ0n) is 11.8. The lowest BCUT2D eigenvalue weighted by molar-refractivity contribution is 0.239. The monoisotopic (exact) mass is 264 g/mol. The van der Waals surface area contributed by atoms with Gasteiger partial charge in [0.05, 0.1) is 12.6 Å². The lowest BCUT2D eigenvalue weighted by Crippen LogP contribution is -2.42. The topological polar surface area (TPSA) is 61.3 Å². The Kier molecular flexibility index (Phi) is 5.10. The standard InChI is InChI=1S/C14H24N4O/c1-11(2)15-7-12-8-16-14(17-9-12)18-6-4-3-5-13(18)10-19/h8-9,11,13,15,19H,3-7,10H2,1-2H3. The van der Waals surface area contributed by atoms with Crippen LogP contribution in [0.15, 0.2) is 12.4 Å². The molecule has 2 heterocycles. The molecule has 1 atom stereocenters. The van der Waals surface area contributed by atoms with Gasteiger partial charge in [0.1, 0.15) is 0 Å². The molecule has 5 heteroatoms. The van der Waals surface area contributed by atoms with E-state index in [1.807, 2.05) is 12.4 Å². The first-order chi connectivity index (χ1) is 9.20. The average molecular weight is 264 g/mol. The van der Waals surface area contributed by atoms with Crippen molar-refractivity contribution in [2.45, 2.75) is 51.7 Å². The number of aliphatic hydroxyl groups excluding tert-OH is 1. The predicted molar refractivity (Wildman–Crippen MR) is 76.1 cm³/mol. The van der Waals surface area contributed by atoms with E-state index in [1.165, 1.54) is 6.42 Å². The minimum Gasteiger partial charge on any atom is -0.394 e. The maximum absolute atomic E-state index is 9.42. The number of aromatic nitrogens is 2. The van der Waals surface area contributed by atoms with Crippen molar-refractivity contribution in [3.63, 3.8) is 0 Å². The van der Waals surface area contributed by atoms with Crippen molar-refractivity contribution in [1.82, 2.24) is 15.3 Å². The maximum atomic E-state index is 9.42. The second-order valence-electron chi connectivity index (χ2n) is 5.45. The molecular weight excluding hydrogens is 240 g/mol. The van der Waals surface area contributed by atoms with Crippen molar-refractivity contribution in [3.8, 4) is 0 Å². The van der Waals surface area contributed by atoms with Gasteiger partial charge in [-0.2, -0.15) is 0 Å². The molecule has 0 aliphatic carbocycles. The minimum absolute atomic E-state index is 0.174. The molecule has 1 aromatic heterocycles. The fourth-order valence-corrected chi connectivity index (χ4v) is 2.36. The SMILES string of the molecule is CC(C)NCc1cnc(N2CCCCC2CO)nc1. The highest BCUT2D eigenvalue weighted by Crippen LogP contribution is 2.21. The van der Waals surface area contributed by atoms with E-state index in [0.29, 0.717) is 6.04 Å². The van der Waals surface area contributed by atoms with E-state index in [9.17, 15) is 5.11 Å². The highest BCUT2D eigenvalue weighted by molar-refractivity contribution is 5.32. The smallest absolute Gasteiger partial charge is 0.225 e. The summed E-state index contributed by atoms with van der Waals surface area (Å²) in [5.74, 6) is 0.743. The summed E-state index contributed by atoms with van der Waals surface area (Å²) in [4.78, 5) is 11.0. The van der Waals surface area contributed by atoms with Crippen LogP contribution >= 0.6 is 0 Å². The van der Waals surface area contributed by atoms with Crippen molar-refractivity contribution in [3.05, 3.63) is 18.0 Å². The number of anilines is 1. The number of hydrogen-bond acceptors (Lipinski definition) is 5. The number of rotatable bonds is 5. The van der Waals surface area contributed by atoms with Crippen LogP contribution in [-0.4, -0.2) is 40.3 Å². The van der Waals surface area contributed by atoms with Gasteiger partial charge in [0.15, 0.2) is 0 Å². The van der Waals surface area contributed by atoms with Gasteiger partial charge in [0.25, 0.3) is 0 Å². The van der Waals surface area contributed by atoms with Crippen LogP contribution in [0.1, 0.15) is 38.7 Å². The van der Waals surface area contributed by atoms with Crippen LogP contribution in [0.25, 0.3) is 0 Å². The van der Waals surface area contributed by atoms with Crippen molar-refractivity contribution >= 4 is 5.95 Å². The maximum Gasteiger partial charge on any atom is 0.225 e. The van der Waals surface area contributed by atoms with Crippen molar-refractivity contribution in [2.24, 2.45) is 0 Å². The lowest BCUT2D eigenvalue weighted by atomic mass is 10.0. The normalized spacial score (nSPS) is 20.0. The number of hydrogen-bond donors (Lipinski definition) is 2. The summed E-state index contributed by atoms with van der Waals surface area (Å²) in [7, 11) is 0. The Hall–Kier alpha value is -1.20. The van der Waals surface area contributed by atoms with E-state index >= 15 is 0 Å². The van der Waals surface area contributed by atoms with E-state index in [4.69, 9.17) is 0 Å². The highest BCUT2D eigenvalue weighted by Gasteiger charge is 2.23. The van der Waals surface area contributed by atoms with E-state index in [2.05, 4.69) is 34.0 Å². The van der Waals surface area contributed by atoms with Gasteiger partial charge in [-0.25, -0.2) is 9.97 Å². The van der Waals surface area contributed by atoms with Crippen LogP contribution in [0.5, 0.6) is 0 Å². The molecule has 1 aliphatic heterocycles.